The molecule has 3 nitrogen and oxygen atoms in total. The zero-order valence-corrected chi connectivity index (χ0v) is 12.7. The Balaban J connectivity index is 1.86. The maximum Gasteiger partial charge on any atom is 0.234 e. The van der Waals surface area contributed by atoms with Crippen molar-refractivity contribution in [2.24, 2.45) is 0 Å². The lowest BCUT2D eigenvalue weighted by Crippen LogP contribution is -2.19. The average molecular weight is 291 g/mol. The number of benzene rings is 1. The van der Waals surface area contributed by atoms with Gasteiger partial charge in [0.1, 0.15) is 0 Å². The van der Waals surface area contributed by atoms with Crippen molar-refractivity contribution < 1.29 is 9.59 Å². The molecule has 0 bridgehead atoms. The number of carbonyl (C=O) groups excluding carboxylic acids is 2. The first kappa shape index (κ1) is 15.1. The molecule has 1 N–H and O–H groups in total. The SMILES string of the molecule is CC(=O)c1ccccc1NC(=O)CSC1CCCCC1. The highest BCUT2D eigenvalue weighted by Crippen LogP contribution is 2.28. The number of rotatable bonds is 5. The lowest BCUT2D eigenvalue weighted by atomic mass is 10.0. The van der Waals surface area contributed by atoms with Crippen LogP contribution in [0.2, 0.25) is 0 Å². The van der Waals surface area contributed by atoms with Crippen LogP contribution in [0, 0.1) is 0 Å². The zero-order valence-electron chi connectivity index (χ0n) is 11.9. The van der Waals surface area contributed by atoms with Crippen molar-refractivity contribution in [3.63, 3.8) is 0 Å². The first-order valence-electron chi connectivity index (χ1n) is 7.18. The van der Waals surface area contributed by atoms with Crippen molar-refractivity contribution in [2.75, 3.05) is 11.1 Å². The molecule has 1 aromatic rings. The number of thioether (sulfide) groups is 1. The summed E-state index contributed by atoms with van der Waals surface area (Å²) in [5, 5.41) is 3.47. The maximum atomic E-state index is 12.0. The Hall–Kier alpha value is -1.29. The highest BCUT2D eigenvalue weighted by Gasteiger charge is 2.16. The molecule has 20 heavy (non-hydrogen) atoms. The molecule has 1 aromatic carbocycles. The van der Waals surface area contributed by atoms with E-state index in [2.05, 4.69) is 5.32 Å². The first-order chi connectivity index (χ1) is 9.66. The van der Waals surface area contributed by atoms with Crippen molar-refractivity contribution in [1.29, 1.82) is 0 Å². The van der Waals surface area contributed by atoms with Crippen molar-refractivity contribution >= 4 is 29.1 Å². The van der Waals surface area contributed by atoms with Gasteiger partial charge >= 0.3 is 0 Å². The molecule has 1 saturated carbocycles. The molecule has 0 atom stereocenters. The third-order valence-corrected chi connectivity index (χ3v) is 4.95. The van der Waals surface area contributed by atoms with Crippen LogP contribution in [0.5, 0.6) is 0 Å². The number of hydrogen-bond acceptors (Lipinski definition) is 3. The minimum Gasteiger partial charge on any atom is -0.325 e. The minimum absolute atomic E-state index is 0.0192. The number of amides is 1. The predicted molar refractivity (Wildman–Crippen MR) is 84.4 cm³/mol. The third kappa shape index (κ3) is 4.37. The molecule has 0 unspecified atom stereocenters. The van der Waals surface area contributed by atoms with E-state index in [0.717, 1.165) is 0 Å². The van der Waals surface area contributed by atoms with Crippen molar-refractivity contribution in [1.82, 2.24) is 0 Å². The Morgan fingerprint density at radius 1 is 1.20 bits per heavy atom. The van der Waals surface area contributed by atoms with Gasteiger partial charge in [-0.05, 0) is 31.9 Å². The molecule has 0 heterocycles. The van der Waals surface area contributed by atoms with Crippen LogP contribution < -0.4 is 5.32 Å². The number of nitrogens with one attached hydrogen (secondary N) is 1. The Morgan fingerprint density at radius 2 is 1.90 bits per heavy atom. The van der Waals surface area contributed by atoms with Crippen LogP contribution in [0.25, 0.3) is 0 Å². The van der Waals surface area contributed by atoms with Gasteiger partial charge in [0.05, 0.1) is 11.4 Å². The number of carbonyl (C=O) groups is 2. The summed E-state index contributed by atoms with van der Waals surface area (Å²) in [6.45, 7) is 1.52. The van der Waals surface area contributed by atoms with E-state index in [1.165, 1.54) is 39.0 Å². The van der Waals surface area contributed by atoms with Gasteiger partial charge in [-0.3, -0.25) is 9.59 Å². The van der Waals surface area contributed by atoms with E-state index in [1.807, 2.05) is 12.1 Å². The second-order valence-electron chi connectivity index (χ2n) is 5.22. The maximum absolute atomic E-state index is 12.0. The standard InChI is InChI=1S/C16H21NO2S/c1-12(18)14-9-5-6-10-15(14)17-16(19)11-20-13-7-3-2-4-8-13/h5-6,9-10,13H,2-4,7-8,11H2,1H3,(H,17,19). The first-order valence-corrected chi connectivity index (χ1v) is 8.23. The van der Waals surface area contributed by atoms with Crippen molar-refractivity contribution in [3.05, 3.63) is 29.8 Å². The molecule has 108 valence electrons. The van der Waals surface area contributed by atoms with Crippen molar-refractivity contribution in [3.8, 4) is 0 Å². The Kier molecular flexibility index (Phi) is 5.65. The summed E-state index contributed by atoms with van der Waals surface area (Å²) in [7, 11) is 0. The van der Waals surface area contributed by atoms with E-state index >= 15 is 0 Å². The highest BCUT2D eigenvalue weighted by molar-refractivity contribution is 8.00. The quantitative estimate of drug-likeness (QED) is 0.837. The fraction of sp³-hybridized carbons (Fsp3) is 0.500. The van der Waals surface area contributed by atoms with Crippen LogP contribution in [-0.2, 0) is 4.79 Å². The van der Waals surface area contributed by atoms with Crippen LogP contribution in [0.1, 0.15) is 49.4 Å². The summed E-state index contributed by atoms with van der Waals surface area (Å²) in [4.78, 5) is 23.5. The topological polar surface area (TPSA) is 46.2 Å². The van der Waals surface area contributed by atoms with Crippen LogP contribution in [0.3, 0.4) is 0 Å². The van der Waals surface area contributed by atoms with Gasteiger partial charge in [-0.15, -0.1) is 11.8 Å². The normalized spacial score (nSPS) is 15.8. The number of anilines is 1. The van der Waals surface area contributed by atoms with Gasteiger partial charge in [-0.1, -0.05) is 31.4 Å². The fourth-order valence-corrected chi connectivity index (χ4v) is 3.64. The Labute approximate surface area is 124 Å². The van der Waals surface area contributed by atoms with E-state index in [4.69, 9.17) is 0 Å². The number of ketones is 1. The molecule has 0 aromatic heterocycles. The molecule has 1 fully saturated rings. The average Bonchev–Trinajstić information content (AvgIpc) is 2.46. The lowest BCUT2D eigenvalue weighted by Gasteiger charge is -2.20. The molecule has 0 radical (unpaired) electrons. The van der Waals surface area contributed by atoms with Gasteiger partial charge in [0.25, 0.3) is 0 Å². The zero-order chi connectivity index (χ0) is 14.4. The molecule has 0 spiro atoms. The van der Waals surface area contributed by atoms with Crippen LogP contribution in [0.4, 0.5) is 5.69 Å². The lowest BCUT2D eigenvalue weighted by molar-refractivity contribution is -0.113. The Morgan fingerprint density at radius 3 is 2.60 bits per heavy atom. The molecule has 1 amide bonds. The van der Waals surface area contributed by atoms with Crippen molar-refractivity contribution in [2.45, 2.75) is 44.3 Å². The van der Waals surface area contributed by atoms with E-state index in [9.17, 15) is 9.59 Å². The molecule has 0 saturated heterocycles. The van der Waals surface area contributed by atoms with Gasteiger partial charge in [0.2, 0.25) is 5.91 Å². The summed E-state index contributed by atoms with van der Waals surface area (Å²) < 4.78 is 0. The van der Waals surface area contributed by atoms with E-state index < -0.39 is 0 Å². The molecule has 1 aliphatic carbocycles. The third-order valence-electron chi connectivity index (χ3n) is 3.58. The highest BCUT2D eigenvalue weighted by atomic mass is 32.2. The molecular weight excluding hydrogens is 270 g/mol. The molecule has 1 aliphatic rings. The monoisotopic (exact) mass is 291 g/mol. The number of Topliss-reactive ketones (excluding diaryl/α,β-unsaturated/α-hetero) is 1. The summed E-state index contributed by atoms with van der Waals surface area (Å²) in [5.41, 5.74) is 1.19. The van der Waals surface area contributed by atoms with E-state index in [0.29, 0.717) is 22.3 Å². The minimum atomic E-state index is -0.0270. The molecular formula is C16H21NO2S. The second-order valence-corrected chi connectivity index (χ2v) is 6.51. The second kappa shape index (κ2) is 7.48. The molecule has 4 heteroatoms. The summed E-state index contributed by atoms with van der Waals surface area (Å²) in [5.74, 6) is 0.423. The van der Waals surface area contributed by atoms with Gasteiger partial charge in [0, 0.05) is 10.8 Å². The number of hydrogen-bond donors (Lipinski definition) is 1. The van der Waals surface area contributed by atoms with Gasteiger partial charge in [-0.25, -0.2) is 0 Å². The Bertz CT molecular complexity index is 481. The van der Waals surface area contributed by atoms with Crippen LogP contribution in [-0.4, -0.2) is 22.7 Å². The van der Waals surface area contributed by atoms with Crippen LogP contribution >= 0.6 is 11.8 Å². The van der Waals surface area contributed by atoms with E-state index in [1.54, 1.807) is 23.9 Å². The van der Waals surface area contributed by atoms with Crippen LogP contribution in [0.15, 0.2) is 24.3 Å². The fourth-order valence-electron chi connectivity index (χ4n) is 2.51. The van der Waals surface area contributed by atoms with Gasteiger partial charge in [-0.2, -0.15) is 0 Å². The summed E-state index contributed by atoms with van der Waals surface area (Å²) in [6, 6.07) is 7.16. The molecule has 0 aliphatic heterocycles. The number of para-hydroxylation sites is 1. The predicted octanol–water partition coefficient (Wildman–Crippen LogP) is 3.89. The largest absolute Gasteiger partial charge is 0.325 e. The van der Waals surface area contributed by atoms with E-state index in [-0.39, 0.29) is 11.7 Å². The molecule has 2 rings (SSSR count). The summed E-state index contributed by atoms with van der Waals surface area (Å²) in [6.07, 6.45) is 6.35. The van der Waals surface area contributed by atoms with Gasteiger partial charge in [0.15, 0.2) is 5.78 Å². The smallest absolute Gasteiger partial charge is 0.234 e. The summed E-state index contributed by atoms with van der Waals surface area (Å²) >= 11 is 1.74. The van der Waals surface area contributed by atoms with Gasteiger partial charge < -0.3 is 5.32 Å².